The second-order valence-corrected chi connectivity index (χ2v) is 6.57. The van der Waals surface area contributed by atoms with E-state index in [0.29, 0.717) is 35.7 Å². The van der Waals surface area contributed by atoms with Crippen LogP contribution in [-0.4, -0.2) is 48.3 Å². The molecule has 3 N–H and O–H groups in total. The SMILES string of the molecule is COC[C@@H]1[C@H](NC(=O)c2ccc3[nH]c(=O)c(=O)[nH]c3c2)[C@@H]2CCO[C@H]12. The van der Waals surface area contributed by atoms with Gasteiger partial charge in [-0.3, -0.25) is 14.4 Å². The van der Waals surface area contributed by atoms with Crippen molar-refractivity contribution in [3.05, 3.63) is 44.5 Å². The molecule has 0 spiro atoms. The first kappa shape index (κ1) is 16.0. The molecular weight excluding hydrogens is 326 g/mol. The molecule has 2 heterocycles. The number of hydrogen-bond acceptors (Lipinski definition) is 5. The molecule has 25 heavy (non-hydrogen) atoms. The summed E-state index contributed by atoms with van der Waals surface area (Å²) in [5.74, 6) is 0.254. The summed E-state index contributed by atoms with van der Waals surface area (Å²) in [5.41, 5.74) is -0.134. The average molecular weight is 345 g/mol. The van der Waals surface area contributed by atoms with E-state index in [1.165, 1.54) is 0 Å². The zero-order valence-electron chi connectivity index (χ0n) is 13.7. The fraction of sp³-hybridized carbons (Fsp3) is 0.471. The monoisotopic (exact) mass is 345 g/mol. The van der Waals surface area contributed by atoms with Crippen LogP contribution in [0.3, 0.4) is 0 Å². The Labute approximate surface area is 142 Å². The summed E-state index contributed by atoms with van der Waals surface area (Å²) in [6.07, 6.45) is 1.09. The van der Waals surface area contributed by atoms with Gasteiger partial charge in [0.1, 0.15) is 0 Å². The van der Waals surface area contributed by atoms with Crippen LogP contribution in [0.5, 0.6) is 0 Å². The maximum atomic E-state index is 12.6. The molecule has 0 radical (unpaired) electrons. The van der Waals surface area contributed by atoms with Gasteiger partial charge in [0, 0.05) is 37.2 Å². The van der Waals surface area contributed by atoms with Crippen molar-refractivity contribution >= 4 is 16.9 Å². The summed E-state index contributed by atoms with van der Waals surface area (Å²) >= 11 is 0. The second-order valence-electron chi connectivity index (χ2n) is 6.57. The molecule has 1 amide bonds. The number of benzene rings is 1. The fourth-order valence-electron chi connectivity index (χ4n) is 3.93. The normalized spacial score (nSPS) is 27.7. The van der Waals surface area contributed by atoms with Crippen LogP contribution in [0.4, 0.5) is 0 Å². The highest BCUT2D eigenvalue weighted by Crippen LogP contribution is 2.43. The van der Waals surface area contributed by atoms with Crippen LogP contribution in [0.15, 0.2) is 27.8 Å². The van der Waals surface area contributed by atoms with Crippen molar-refractivity contribution in [1.82, 2.24) is 15.3 Å². The zero-order chi connectivity index (χ0) is 17.6. The first-order valence-corrected chi connectivity index (χ1v) is 8.26. The number of aromatic nitrogens is 2. The van der Waals surface area contributed by atoms with Crippen LogP contribution in [0.1, 0.15) is 16.8 Å². The van der Waals surface area contributed by atoms with Crippen molar-refractivity contribution in [3.63, 3.8) is 0 Å². The van der Waals surface area contributed by atoms with Crippen molar-refractivity contribution in [2.24, 2.45) is 11.8 Å². The van der Waals surface area contributed by atoms with Crippen molar-refractivity contribution < 1.29 is 14.3 Å². The molecule has 132 valence electrons. The van der Waals surface area contributed by atoms with Gasteiger partial charge in [-0.2, -0.15) is 0 Å². The van der Waals surface area contributed by atoms with Gasteiger partial charge in [0.2, 0.25) is 0 Å². The van der Waals surface area contributed by atoms with Crippen LogP contribution in [0.2, 0.25) is 0 Å². The molecule has 1 aliphatic carbocycles. The van der Waals surface area contributed by atoms with Gasteiger partial charge in [0.25, 0.3) is 5.91 Å². The smallest absolute Gasteiger partial charge is 0.314 e. The molecule has 1 aromatic carbocycles. The number of rotatable bonds is 4. The molecule has 0 bridgehead atoms. The Kier molecular flexibility index (Phi) is 3.93. The van der Waals surface area contributed by atoms with Crippen molar-refractivity contribution in [3.8, 4) is 0 Å². The number of carbonyl (C=O) groups excluding carboxylic acids is 1. The standard InChI is InChI=1S/C17H19N3O5/c1-24-7-10-13(9-4-5-25-14(9)10)20-15(21)8-2-3-11-12(6-8)19-17(23)16(22)18-11/h2-3,6,9-10,13-14H,4-5,7H2,1H3,(H,18,22)(H,19,23)(H,20,21)/t9-,10+,13+,14-/m0/s1. The van der Waals surface area contributed by atoms with E-state index in [9.17, 15) is 14.4 Å². The molecule has 1 saturated carbocycles. The maximum Gasteiger partial charge on any atom is 0.314 e. The number of hydrogen-bond donors (Lipinski definition) is 3. The Hall–Kier alpha value is -2.45. The van der Waals surface area contributed by atoms with E-state index in [1.54, 1.807) is 25.3 Å². The van der Waals surface area contributed by atoms with Gasteiger partial charge in [-0.25, -0.2) is 0 Å². The number of methoxy groups -OCH3 is 1. The van der Waals surface area contributed by atoms with Crippen LogP contribution in [0, 0.1) is 11.8 Å². The molecule has 2 aliphatic rings. The highest BCUT2D eigenvalue weighted by atomic mass is 16.5. The molecule has 2 fully saturated rings. The number of H-pyrrole nitrogens is 2. The Morgan fingerprint density at radius 2 is 2.04 bits per heavy atom. The molecule has 1 saturated heterocycles. The third-order valence-corrected chi connectivity index (χ3v) is 5.17. The summed E-state index contributed by atoms with van der Waals surface area (Å²) in [7, 11) is 1.64. The number of ether oxygens (including phenoxy) is 2. The fourth-order valence-corrected chi connectivity index (χ4v) is 3.93. The van der Waals surface area contributed by atoms with Crippen LogP contribution in [0.25, 0.3) is 11.0 Å². The summed E-state index contributed by atoms with van der Waals surface area (Å²) in [6.45, 7) is 1.25. The van der Waals surface area contributed by atoms with Crippen molar-refractivity contribution in [2.45, 2.75) is 18.6 Å². The summed E-state index contributed by atoms with van der Waals surface area (Å²) < 4.78 is 11.0. The lowest BCUT2D eigenvalue weighted by Gasteiger charge is -2.47. The largest absolute Gasteiger partial charge is 0.384 e. The van der Waals surface area contributed by atoms with E-state index in [1.807, 2.05) is 0 Å². The number of aromatic amines is 2. The Morgan fingerprint density at radius 1 is 1.28 bits per heavy atom. The first-order chi connectivity index (χ1) is 12.1. The number of fused-ring (bicyclic) bond motifs is 2. The molecule has 2 aromatic rings. The predicted octanol–water partition coefficient (Wildman–Crippen LogP) is -0.00390. The van der Waals surface area contributed by atoms with Crippen molar-refractivity contribution in [2.75, 3.05) is 20.3 Å². The van der Waals surface area contributed by atoms with E-state index >= 15 is 0 Å². The third-order valence-electron chi connectivity index (χ3n) is 5.17. The molecular formula is C17H19N3O5. The van der Waals surface area contributed by atoms with E-state index < -0.39 is 11.1 Å². The van der Waals surface area contributed by atoms with Gasteiger partial charge in [0.05, 0.1) is 23.7 Å². The maximum absolute atomic E-state index is 12.6. The third kappa shape index (κ3) is 2.67. The van der Waals surface area contributed by atoms with E-state index in [-0.39, 0.29) is 24.0 Å². The van der Waals surface area contributed by atoms with Crippen molar-refractivity contribution in [1.29, 1.82) is 0 Å². The Balaban J connectivity index is 1.56. The van der Waals surface area contributed by atoms with Gasteiger partial charge in [-0.05, 0) is 24.6 Å². The average Bonchev–Trinajstić information content (AvgIpc) is 3.02. The number of carbonyl (C=O) groups is 1. The van der Waals surface area contributed by atoms with Gasteiger partial charge in [-0.1, -0.05) is 0 Å². The summed E-state index contributed by atoms with van der Waals surface area (Å²) in [5, 5.41) is 3.07. The zero-order valence-corrected chi connectivity index (χ0v) is 13.7. The topological polar surface area (TPSA) is 113 Å². The second kappa shape index (κ2) is 6.12. The Bertz CT molecular complexity index is 934. The van der Waals surface area contributed by atoms with Gasteiger partial charge in [0.15, 0.2) is 0 Å². The van der Waals surface area contributed by atoms with Gasteiger partial charge < -0.3 is 24.8 Å². The predicted molar refractivity (Wildman–Crippen MR) is 89.7 cm³/mol. The molecule has 8 heteroatoms. The van der Waals surface area contributed by atoms with Crippen LogP contribution < -0.4 is 16.4 Å². The van der Waals surface area contributed by atoms with Gasteiger partial charge in [-0.15, -0.1) is 0 Å². The van der Waals surface area contributed by atoms with E-state index in [2.05, 4.69) is 15.3 Å². The number of nitrogens with one attached hydrogen (secondary N) is 3. The van der Waals surface area contributed by atoms with E-state index in [4.69, 9.17) is 9.47 Å². The highest BCUT2D eigenvalue weighted by Gasteiger charge is 2.54. The van der Waals surface area contributed by atoms with Crippen LogP contribution >= 0.6 is 0 Å². The molecule has 4 rings (SSSR count). The Morgan fingerprint density at radius 3 is 2.80 bits per heavy atom. The minimum Gasteiger partial charge on any atom is -0.384 e. The minimum atomic E-state index is -0.741. The van der Waals surface area contributed by atoms with E-state index in [0.717, 1.165) is 6.42 Å². The first-order valence-electron chi connectivity index (χ1n) is 8.26. The quantitative estimate of drug-likeness (QED) is 0.675. The molecule has 4 atom stereocenters. The van der Waals surface area contributed by atoms with Gasteiger partial charge >= 0.3 is 11.1 Å². The molecule has 1 aromatic heterocycles. The van der Waals surface area contributed by atoms with Crippen LogP contribution in [-0.2, 0) is 9.47 Å². The minimum absolute atomic E-state index is 0.0188. The molecule has 8 nitrogen and oxygen atoms in total. The summed E-state index contributed by atoms with van der Waals surface area (Å²) in [6, 6.07) is 4.81. The molecule has 1 aliphatic heterocycles. The molecule has 0 unspecified atom stereocenters. The lowest BCUT2D eigenvalue weighted by atomic mass is 9.67. The highest BCUT2D eigenvalue weighted by molar-refractivity contribution is 5.97. The summed E-state index contributed by atoms with van der Waals surface area (Å²) in [4.78, 5) is 40.4. The lowest BCUT2D eigenvalue weighted by molar-refractivity contribution is -0.0809. The number of amides is 1. The lowest BCUT2D eigenvalue weighted by Crippen LogP contribution is -2.62.